The molecule has 0 bridgehead atoms. The van der Waals surface area contributed by atoms with Crippen LogP contribution in [0.4, 0.5) is 4.79 Å². The van der Waals surface area contributed by atoms with E-state index in [0.717, 1.165) is 71.1 Å². The number of hydrogen-bond donors (Lipinski definition) is 3. The van der Waals surface area contributed by atoms with Gasteiger partial charge in [0.2, 0.25) is 5.91 Å². The van der Waals surface area contributed by atoms with Crippen LogP contribution >= 0.6 is 0 Å². The van der Waals surface area contributed by atoms with Gasteiger partial charge in [0.15, 0.2) is 0 Å². The van der Waals surface area contributed by atoms with E-state index in [-0.39, 0.29) is 23.9 Å². The number of carbonyl (C=O) groups is 2. The summed E-state index contributed by atoms with van der Waals surface area (Å²) in [5.41, 5.74) is 0.302. The van der Waals surface area contributed by atoms with Gasteiger partial charge in [-0.3, -0.25) is 4.79 Å². The summed E-state index contributed by atoms with van der Waals surface area (Å²) in [6.45, 7) is 3.61. The van der Waals surface area contributed by atoms with E-state index in [9.17, 15) is 9.59 Å². The van der Waals surface area contributed by atoms with Crippen LogP contribution in [0.15, 0.2) is 0 Å². The Balaban J connectivity index is 1.18. The Morgan fingerprint density at radius 3 is 2.23 bits per heavy atom. The van der Waals surface area contributed by atoms with Gasteiger partial charge in [-0.25, -0.2) is 4.79 Å². The predicted molar refractivity (Wildman–Crippen MR) is 101 cm³/mol. The third-order valence-corrected chi connectivity index (χ3v) is 7.17. The fourth-order valence-electron chi connectivity index (χ4n) is 5.24. The summed E-state index contributed by atoms with van der Waals surface area (Å²) >= 11 is 0. The lowest BCUT2D eigenvalue weighted by molar-refractivity contribution is -0.124. The van der Waals surface area contributed by atoms with Crippen molar-refractivity contribution in [2.24, 2.45) is 11.3 Å². The van der Waals surface area contributed by atoms with Gasteiger partial charge < -0.3 is 20.9 Å². The molecule has 0 aromatic carbocycles. The van der Waals surface area contributed by atoms with Gasteiger partial charge in [0.1, 0.15) is 0 Å². The predicted octanol–water partition coefficient (Wildman–Crippen LogP) is 2.00. The first-order valence-corrected chi connectivity index (χ1v) is 10.7. The highest BCUT2D eigenvalue weighted by atomic mass is 16.2. The number of rotatable bonds is 3. The number of hydrogen-bond acceptors (Lipinski definition) is 3. The molecule has 1 spiro atoms. The standard InChI is InChI=1S/C20H34N4O2/c25-18(17-14-20(17)8-10-21-11-9-20)22-16-6-12-24(13-7-16)19(26)23-15-4-2-1-3-5-15/h15-17,21H,1-14H2,(H,22,25)(H,23,26). The van der Waals surface area contributed by atoms with E-state index in [4.69, 9.17) is 0 Å². The lowest BCUT2D eigenvalue weighted by Crippen LogP contribution is -2.51. The van der Waals surface area contributed by atoms with Gasteiger partial charge in [0, 0.05) is 31.1 Å². The van der Waals surface area contributed by atoms with Crippen molar-refractivity contribution in [2.75, 3.05) is 26.2 Å². The van der Waals surface area contributed by atoms with E-state index in [1.165, 1.54) is 19.3 Å². The first-order valence-electron chi connectivity index (χ1n) is 10.7. The van der Waals surface area contributed by atoms with Crippen molar-refractivity contribution in [1.29, 1.82) is 0 Å². The van der Waals surface area contributed by atoms with Gasteiger partial charge in [-0.1, -0.05) is 19.3 Å². The molecule has 26 heavy (non-hydrogen) atoms. The number of likely N-dealkylation sites (tertiary alicyclic amines) is 1. The SMILES string of the molecule is O=C(NC1CCN(C(=O)NC2CCCCC2)CC1)C1CC12CCNCC2. The Kier molecular flexibility index (Phi) is 5.39. The van der Waals surface area contributed by atoms with Crippen molar-refractivity contribution in [3.05, 3.63) is 0 Å². The van der Waals surface area contributed by atoms with E-state index in [0.29, 0.717) is 11.5 Å². The fraction of sp³-hybridized carbons (Fsp3) is 0.900. The minimum absolute atomic E-state index is 0.0949. The number of piperidine rings is 2. The zero-order valence-corrected chi connectivity index (χ0v) is 15.9. The van der Waals surface area contributed by atoms with Crippen molar-refractivity contribution in [1.82, 2.24) is 20.9 Å². The second-order valence-electron chi connectivity index (χ2n) is 8.92. The maximum atomic E-state index is 12.6. The summed E-state index contributed by atoms with van der Waals surface area (Å²) in [6, 6.07) is 0.697. The molecule has 0 radical (unpaired) electrons. The minimum Gasteiger partial charge on any atom is -0.353 e. The van der Waals surface area contributed by atoms with Crippen LogP contribution < -0.4 is 16.0 Å². The van der Waals surface area contributed by atoms with Crippen LogP contribution in [-0.2, 0) is 4.79 Å². The first kappa shape index (κ1) is 18.1. The van der Waals surface area contributed by atoms with Crippen molar-refractivity contribution in [2.45, 2.75) is 76.3 Å². The Bertz CT molecular complexity index is 518. The number of nitrogens with zero attached hydrogens (tertiary/aromatic N) is 1. The molecule has 2 aliphatic carbocycles. The summed E-state index contributed by atoms with van der Waals surface area (Å²) in [7, 11) is 0. The van der Waals surface area contributed by atoms with Crippen molar-refractivity contribution < 1.29 is 9.59 Å². The summed E-state index contributed by atoms with van der Waals surface area (Å²) in [6.07, 6.45) is 11.1. The lowest BCUT2D eigenvalue weighted by Gasteiger charge is -2.34. The number of nitrogens with one attached hydrogen (secondary N) is 3. The van der Waals surface area contributed by atoms with E-state index in [1.807, 2.05) is 4.90 Å². The van der Waals surface area contributed by atoms with Crippen LogP contribution in [0, 0.1) is 11.3 Å². The number of carbonyl (C=O) groups excluding carboxylic acids is 2. The van der Waals surface area contributed by atoms with Gasteiger partial charge in [0.25, 0.3) is 0 Å². The van der Waals surface area contributed by atoms with Gasteiger partial charge in [-0.05, 0) is 63.5 Å². The average molecular weight is 363 g/mol. The molecule has 6 nitrogen and oxygen atoms in total. The van der Waals surface area contributed by atoms with Gasteiger partial charge in [0.05, 0.1) is 0 Å². The zero-order chi connectivity index (χ0) is 18.0. The molecule has 2 saturated carbocycles. The molecule has 146 valence electrons. The summed E-state index contributed by atoms with van der Waals surface area (Å²) < 4.78 is 0. The van der Waals surface area contributed by atoms with Crippen LogP contribution in [0.5, 0.6) is 0 Å². The molecule has 4 fully saturated rings. The molecule has 1 unspecified atom stereocenters. The average Bonchev–Trinajstić information content (AvgIpc) is 3.36. The molecule has 4 rings (SSSR count). The quantitative estimate of drug-likeness (QED) is 0.719. The van der Waals surface area contributed by atoms with Crippen molar-refractivity contribution >= 4 is 11.9 Å². The first-order chi connectivity index (χ1) is 12.7. The Morgan fingerprint density at radius 2 is 1.54 bits per heavy atom. The molecule has 2 saturated heterocycles. The fourth-order valence-corrected chi connectivity index (χ4v) is 5.24. The van der Waals surface area contributed by atoms with Crippen molar-refractivity contribution in [3.63, 3.8) is 0 Å². The third-order valence-electron chi connectivity index (χ3n) is 7.17. The van der Waals surface area contributed by atoms with E-state index >= 15 is 0 Å². The second-order valence-corrected chi connectivity index (χ2v) is 8.92. The summed E-state index contributed by atoms with van der Waals surface area (Å²) in [5.74, 6) is 0.495. The molecular formula is C20H34N4O2. The van der Waals surface area contributed by atoms with Crippen LogP contribution in [0.3, 0.4) is 0 Å². The van der Waals surface area contributed by atoms with Gasteiger partial charge in [-0.15, -0.1) is 0 Å². The highest BCUT2D eigenvalue weighted by molar-refractivity contribution is 5.83. The van der Waals surface area contributed by atoms with Crippen LogP contribution in [0.1, 0.15) is 64.2 Å². The zero-order valence-electron chi connectivity index (χ0n) is 15.9. The van der Waals surface area contributed by atoms with E-state index in [2.05, 4.69) is 16.0 Å². The molecule has 4 aliphatic rings. The van der Waals surface area contributed by atoms with Crippen molar-refractivity contribution in [3.8, 4) is 0 Å². The number of amides is 3. The summed E-state index contributed by atoms with van der Waals surface area (Å²) in [4.78, 5) is 27.0. The van der Waals surface area contributed by atoms with Crippen LogP contribution in [-0.4, -0.2) is 55.1 Å². The molecule has 1 atom stereocenters. The molecule has 2 aliphatic heterocycles. The smallest absolute Gasteiger partial charge is 0.317 e. The largest absolute Gasteiger partial charge is 0.353 e. The minimum atomic E-state index is 0.0949. The molecule has 3 amide bonds. The Morgan fingerprint density at radius 1 is 0.885 bits per heavy atom. The van der Waals surface area contributed by atoms with Gasteiger partial charge >= 0.3 is 6.03 Å². The molecular weight excluding hydrogens is 328 g/mol. The van der Waals surface area contributed by atoms with E-state index in [1.54, 1.807) is 0 Å². The highest BCUT2D eigenvalue weighted by Gasteiger charge is 2.57. The molecule has 0 aromatic heterocycles. The molecule has 2 heterocycles. The second kappa shape index (κ2) is 7.75. The topological polar surface area (TPSA) is 73.5 Å². The Labute approximate surface area is 156 Å². The van der Waals surface area contributed by atoms with Crippen LogP contribution in [0.2, 0.25) is 0 Å². The van der Waals surface area contributed by atoms with Gasteiger partial charge in [-0.2, -0.15) is 0 Å². The summed E-state index contributed by atoms with van der Waals surface area (Å²) in [5, 5.41) is 9.87. The maximum absolute atomic E-state index is 12.6. The Hall–Kier alpha value is -1.30. The third kappa shape index (κ3) is 4.00. The molecule has 0 aromatic rings. The normalized spacial score (nSPS) is 29.4. The maximum Gasteiger partial charge on any atom is 0.317 e. The highest BCUT2D eigenvalue weighted by Crippen LogP contribution is 2.58. The molecule has 3 N–H and O–H groups in total. The lowest BCUT2D eigenvalue weighted by atomic mass is 9.91. The molecule has 6 heteroatoms. The van der Waals surface area contributed by atoms with E-state index < -0.39 is 0 Å². The number of urea groups is 1. The van der Waals surface area contributed by atoms with Crippen LogP contribution in [0.25, 0.3) is 0 Å². The monoisotopic (exact) mass is 362 g/mol.